The van der Waals surface area contributed by atoms with Crippen LogP contribution in [0.25, 0.3) is 0 Å². The van der Waals surface area contributed by atoms with E-state index < -0.39 is 42.5 Å². The normalized spacial score (nSPS) is 24.6. The summed E-state index contributed by atoms with van der Waals surface area (Å²) in [7, 11) is 0. The minimum atomic E-state index is -0.947. The van der Waals surface area contributed by atoms with Crippen LogP contribution in [0.4, 0.5) is 9.80 Å². The number of nitrogens with zero attached hydrogens (tertiary/aromatic N) is 2. The van der Waals surface area contributed by atoms with Gasteiger partial charge in [-0.1, -0.05) is 26.2 Å². The predicted octanol–water partition coefficient (Wildman–Crippen LogP) is 2.87. The second-order valence-electron chi connectivity index (χ2n) is 9.03. The molecule has 1 aliphatic heterocycles. The molecule has 3 aliphatic rings. The zero-order valence-corrected chi connectivity index (χ0v) is 19.5. The molecule has 1 aromatic rings. The molecule has 10 heteroatoms. The molecule has 9 nitrogen and oxygen atoms in total. The van der Waals surface area contributed by atoms with Crippen LogP contribution in [0.2, 0.25) is 0 Å². The molecule has 33 heavy (non-hydrogen) atoms. The van der Waals surface area contributed by atoms with Crippen molar-refractivity contribution in [3.63, 3.8) is 0 Å². The number of hydrogen-bond acceptors (Lipinski definition) is 7. The largest absolute Gasteiger partial charge is 0.454 e. The maximum Gasteiger partial charge on any atom is 0.326 e. The third-order valence-corrected chi connectivity index (χ3v) is 8.15. The average molecular weight is 473 g/mol. The van der Waals surface area contributed by atoms with Gasteiger partial charge in [-0.25, -0.2) is 4.79 Å². The van der Waals surface area contributed by atoms with E-state index in [9.17, 15) is 24.4 Å². The van der Waals surface area contributed by atoms with Gasteiger partial charge in [0.1, 0.15) is 23.2 Å². The van der Waals surface area contributed by atoms with Gasteiger partial charge in [-0.05, 0) is 50.0 Å². The van der Waals surface area contributed by atoms with Crippen LogP contribution in [0.1, 0.15) is 67.9 Å². The van der Waals surface area contributed by atoms with Crippen molar-refractivity contribution in [1.82, 2.24) is 10.2 Å². The Kier molecular flexibility index (Phi) is 6.70. The molecule has 1 aromatic heterocycles. The first-order chi connectivity index (χ1) is 15.9. The highest BCUT2D eigenvalue weighted by atomic mass is 32.1. The monoisotopic (exact) mass is 472 g/mol. The summed E-state index contributed by atoms with van der Waals surface area (Å²) >= 11 is 1.40. The van der Waals surface area contributed by atoms with Crippen LogP contribution in [-0.4, -0.2) is 47.4 Å². The third kappa shape index (κ3) is 4.47. The number of nitriles is 1. The van der Waals surface area contributed by atoms with Gasteiger partial charge in [0.15, 0.2) is 6.61 Å². The SMILES string of the molecule is C[C@@H]1CCCC[C@]12NC(=O)N(CC(=O)OCC(=O)Nc1sc3c(c1C#N)CCCCC3)C2=O. The summed E-state index contributed by atoms with van der Waals surface area (Å²) in [6, 6.07) is 1.59. The summed E-state index contributed by atoms with van der Waals surface area (Å²) in [6.45, 7) is 0.837. The van der Waals surface area contributed by atoms with Crippen molar-refractivity contribution < 1.29 is 23.9 Å². The van der Waals surface area contributed by atoms with Gasteiger partial charge in [0, 0.05) is 4.88 Å². The summed E-state index contributed by atoms with van der Waals surface area (Å²) < 4.78 is 5.03. The fourth-order valence-corrected chi connectivity index (χ4v) is 6.33. The van der Waals surface area contributed by atoms with Crippen molar-refractivity contribution in [2.45, 2.75) is 70.3 Å². The third-order valence-electron chi connectivity index (χ3n) is 6.94. The van der Waals surface area contributed by atoms with Gasteiger partial charge >= 0.3 is 12.0 Å². The minimum absolute atomic E-state index is 0.00950. The smallest absolute Gasteiger partial charge is 0.326 e. The molecule has 0 radical (unpaired) electrons. The van der Waals surface area contributed by atoms with Gasteiger partial charge in [0.2, 0.25) is 0 Å². The van der Waals surface area contributed by atoms with Crippen LogP contribution in [-0.2, 0) is 32.0 Å². The number of anilines is 1. The number of esters is 1. The first-order valence-corrected chi connectivity index (χ1v) is 12.3. The molecule has 1 saturated carbocycles. The molecule has 2 N–H and O–H groups in total. The van der Waals surface area contributed by atoms with Crippen LogP contribution >= 0.6 is 11.3 Å². The zero-order valence-electron chi connectivity index (χ0n) is 18.7. The number of carbonyl (C=O) groups is 4. The second kappa shape index (κ2) is 9.51. The van der Waals surface area contributed by atoms with Crippen molar-refractivity contribution in [2.24, 2.45) is 5.92 Å². The van der Waals surface area contributed by atoms with E-state index in [1.807, 2.05) is 6.92 Å². The van der Waals surface area contributed by atoms with E-state index in [1.54, 1.807) is 0 Å². The van der Waals surface area contributed by atoms with Crippen molar-refractivity contribution in [2.75, 3.05) is 18.5 Å². The Labute approximate surface area is 196 Å². The van der Waals surface area contributed by atoms with Crippen LogP contribution in [0.5, 0.6) is 0 Å². The van der Waals surface area contributed by atoms with E-state index in [2.05, 4.69) is 16.7 Å². The summed E-state index contributed by atoms with van der Waals surface area (Å²) in [4.78, 5) is 52.0. The number of amides is 4. The van der Waals surface area contributed by atoms with Crippen molar-refractivity contribution >= 4 is 40.2 Å². The van der Waals surface area contributed by atoms with Crippen molar-refractivity contribution in [1.29, 1.82) is 5.26 Å². The lowest BCUT2D eigenvalue weighted by Crippen LogP contribution is -2.54. The summed E-state index contributed by atoms with van der Waals surface area (Å²) in [6.07, 6.45) is 8.16. The van der Waals surface area contributed by atoms with Crippen molar-refractivity contribution in [3.8, 4) is 6.07 Å². The topological polar surface area (TPSA) is 129 Å². The fourth-order valence-electron chi connectivity index (χ4n) is 5.07. The number of imide groups is 1. The molecule has 4 amide bonds. The minimum Gasteiger partial charge on any atom is -0.454 e. The standard InChI is InChI=1S/C23H28N4O5S/c1-14-7-5-6-10-23(14)21(30)27(22(31)26-23)12-19(29)32-13-18(28)25-20-16(11-24)15-8-3-2-4-9-17(15)33-20/h14H,2-10,12-13H2,1H3,(H,25,28)(H,26,31)/t14-,23+/m1/s1. The van der Waals surface area contributed by atoms with Gasteiger partial charge in [-0.3, -0.25) is 19.3 Å². The lowest BCUT2D eigenvalue weighted by atomic mass is 9.73. The molecule has 2 heterocycles. The van der Waals surface area contributed by atoms with Gasteiger partial charge < -0.3 is 15.4 Å². The van der Waals surface area contributed by atoms with Crippen LogP contribution in [0.15, 0.2) is 0 Å². The molecule has 2 aliphatic carbocycles. The van der Waals surface area contributed by atoms with Crippen LogP contribution < -0.4 is 10.6 Å². The summed E-state index contributed by atoms with van der Waals surface area (Å²) in [5.41, 5.74) is 0.553. The number of rotatable bonds is 5. The Morgan fingerprint density at radius 2 is 2.03 bits per heavy atom. The Bertz CT molecular complexity index is 1030. The Morgan fingerprint density at radius 1 is 1.24 bits per heavy atom. The Balaban J connectivity index is 1.32. The number of urea groups is 1. The number of hydrogen-bond donors (Lipinski definition) is 2. The van der Waals surface area contributed by atoms with E-state index in [0.29, 0.717) is 17.0 Å². The van der Waals surface area contributed by atoms with E-state index >= 15 is 0 Å². The fraction of sp³-hybridized carbons (Fsp3) is 0.609. The van der Waals surface area contributed by atoms with Gasteiger partial charge in [0.25, 0.3) is 11.8 Å². The number of nitrogens with one attached hydrogen (secondary N) is 2. The van der Waals surface area contributed by atoms with Gasteiger partial charge in [0.05, 0.1) is 5.56 Å². The number of ether oxygens (including phenoxy) is 1. The average Bonchev–Trinajstić information content (AvgIpc) is 3.10. The van der Waals surface area contributed by atoms with Gasteiger partial charge in [-0.15, -0.1) is 11.3 Å². The molecule has 1 spiro atoms. The highest BCUT2D eigenvalue weighted by molar-refractivity contribution is 7.16. The highest BCUT2D eigenvalue weighted by Gasteiger charge is 2.55. The molecule has 0 bridgehead atoms. The molecule has 176 valence electrons. The molecular weight excluding hydrogens is 444 g/mol. The van der Waals surface area contributed by atoms with Crippen molar-refractivity contribution in [3.05, 3.63) is 16.0 Å². The van der Waals surface area contributed by atoms with E-state index in [1.165, 1.54) is 11.3 Å². The van der Waals surface area contributed by atoms with Gasteiger partial charge in [-0.2, -0.15) is 5.26 Å². The summed E-state index contributed by atoms with van der Waals surface area (Å²) in [5, 5.41) is 15.5. The molecule has 2 fully saturated rings. The Morgan fingerprint density at radius 3 is 2.79 bits per heavy atom. The molecule has 2 atom stereocenters. The molecule has 4 rings (SSSR count). The van der Waals surface area contributed by atoms with Crippen LogP contribution in [0.3, 0.4) is 0 Å². The molecular formula is C23H28N4O5S. The number of fused-ring (bicyclic) bond motifs is 1. The zero-order chi connectivity index (χ0) is 23.6. The number of carbonyl (C=O) groups excluding carboxylic acids is 4. The first-order valence-electron chi connectivity index (χ1n) is 11.5. The van der Waals surface area contributed by atoms with E-state index in [4.69, 9.17) is 4.74 Å². The quantitative estimate of drug-likeness (QED) is 0.385. The predicted molar refractivity (Wildman–Crippen MR) is 120 cm³/mol. The Hall–Kier alpha value is -2.93. The molecule has 0 unspecified atom stereocenters. The number of thiophene rings is 1. The molecule has 1 saturated heterocycles. The highest BCUT2D eigenvalue weighted by Crippen LogP contribution is 2.38. The van der Waals surface area contributed by atoms with Crippen LogP contribution in [0, 0.1) is 17.2 Å². The van der Waals surface area contributed by atoms with E-state index in [0.717, 1.165) is 66.7 Å². The van der Waals surface area contributed by atoms with E-state index in [-0.39, 0.29) is 5.92 Å². The lowest BCUT2D eigenvalue weighted by molar-refractivity contribution is -0.150. The molecule has 0 aromatic carbocycles. The maximum absolute atomic E-state index is 12.9. The second-order valence-corrected chi connectivity index (χ2v) is 10.1. The lowest BCUT2D eigenvalue weighted by Gasteiger charge is -2.36. The maximum atomic E-state index is 12.9. The number of aryl methyl sites for hydroxylation is 1. The summed E-state index contributed by atoms with van der Waals surface area (Å²) in [5.74, 6) is -1.81. The first kappa shape index (κ1) is 23.2.